The van der Waals surface area contributed by atoms with Crippen molar-refractivity contribution >= 4 is 10.8 Å². The minimum atomic E-state index is -0.338. The minimum absolute atomic E-state index is 0.338. The largest absolute Gasteiger partial charge is 0.0725 e. The van der Waals surface area contributed by atoms with Crippen LogP contribution in [0.2, 0.25) is 0 Å². The number of benzene rings is 7. The Kier molecular flexibility index (Phi) is 4.84. The molecule has 0 atom stereocenters. The second-order valence-electron chi connectivity index (χ2n) is 11.7. The molecule has 0 amide bonds. The molecule has 0 fully saturated rings. The van der Waals surface area contributed by atoms with Gasteiger partial charge in [0.05, 0.1) is 5.41 Å². The third kappa shape index (κ3) is 3.02. The molecular weight excluding hydrogens is 504 g/mol. The van der Waals surface area contributed by atoms with Crippen LogP contribution in [0.4, 0.5) is 0 Å². The van der Waals surface area contributed by atoms with Crippen LogP contribution in [-0.2, 0) is 5.41 Å². The number of fused-ring (bicyclic) bond motifs is 11. The lowest BCUT2D eigenvalue weighted by Gasteiger charge is -2.30. The van der Waals surface area contributed by atoms with Crippen molar-refractivity contribution in [1.82, 2.24) is 0 Å². The van der Waals surface area contributed by atoms with Crippen molar-refractivity contribution in [3.8, 4) is 44.5 Å². The summed E-state index contributed by atoms with van der Waals surface area (Å²) in [6.07, 6.45) is 0. The lowest BCUT2D eigenvalue weighted by atomic mass is 9.70. The van der Waals surface area contributed by atoms with Gasteiger partial charge in [-0.15, -0.1) is 0 Å². The van der Waals surface area contributed by atoms with Crippen molar-refractivity contribution in [2.45, 2.75) is 12.3 Å². The second-order valence-corrected chi connectivity index (χ2v) is 11.7. The van der Waals surface area contributed by atoms with E-state index in [2.05, 4.69) is 159 Å². The van der Waals surface area contributed by atoms with Gasteiger partial charge in [-0.1, -0.05) is 151 Å². The summed E-state index contributed by atoms with van der Waals surface area (Å²) in [7, 11) is 0. The molecule has 2 aliphatic rings. The van der Waals surface area contributed by atoms with Crippen molar-refractivity contribution in [2.75, 3.05) is 0 Å². The van der Waals surface area contributed by atoms with Gasteiger partial charge in [-0.2, -0.15) is 0 Å². The van der Waals surface area contributed by atoms with E-state index in [9.17, 15) is 0 Å². The molecule has 196 valence electrons. The Morgan fingerprint density at radius 1 is 0.381 bits per heavy atom. The Balaban J connectivity index is 1.38. The Morgan fingerprint density at radius 3 is 1.62 bits per heavy atom. The standard InChI is InChI=1S/C42H28/c1-27-11-10-13-30(25-27)41-31-14-3-2-12-28(31)21-23-32(41)29-22-24-36-35-17-6-9-20-39(35)42(40(36)26-29)37-18-7-4-15-33(37)34-16-5-8-19-38(34)42/h2-26H,1H3. The molecule has 0 heterocycles. The zero-order chi connectivity index (χ0) is 27.8. The van der Waals surface area contributed by atoms with Crippen LogP contribution in [0.5, 0.6) is 0 Å². The quantitative estimate of drug-likeness (QED) is 0.208. The summed E-state index contributed by atoms with van der Waals surface area (Å²) in [6.45, 7) is 2.18. The summed E-state index contributed by atoms with van der Waals surface area (Å²) < 4.78 is 0. The molecule has 0 unspecified atom stereocenters. The van der Waals surface area contributed by atoms with E-state index in [1.807, 2.05) is 0 Å². The maximum absolute atomic E-state index is 2.50. The van der Waals surface area contributed by atoms with Crippen LogP contribution in [0.3, 0.4) is 0 Å². The normalized spacial score (nSPS) is 13.5. The molecule has 0 saturated heterocycles. The number of aryl methyl sites for hydroxylation is 1. The van der Waals surface area contributed by atoms with E-state index >= 15 is 0 Å². The van der Waals surface area contributed by atoms with Gasteiger partial charge in [0.1, 0.15) is 0 Å². The van der Waals surface area contributed by atoms with Gasteiger partial charge in [0, 0.05) is 0 Å². The smallest absolute Gasteiger partial charge is 0.0619 e. The third-order valence-electron chi connectivity index (χ3n) is 9.54. The monoisotopic (exact) mass is 532 g/mol. The fourth-order valence-electron chi connectivity index (χ4n) is 7.89. The highest BCUT2D eigenvalue weighted by molar-refractivity contribution is 6.05. The summed E-state index contributed by atoms with van der Waals surface area (Å²) in [4.78, 5) is 0. The fourth-order valence-corrected chi connectivity index (χ4v) is 7.89. The van der Waals surface area contributed by atoms with Crippen molar-refractivity contribution in [3.63, 3.8) is 0 Å². The first-order valence-corrected chi connectivity index (χ1v) is 14.8. The molecule has 42 heavy (non-hydrogen) atoms. The van der Waals surface area contributed by atoms with E-state index in [0.29, 0.717) is 0 Å². The number of hydrogen-bond donors (Lipinski definition) is 0. The third-order valence-corrected chi connectivity index (χ3v) is 9.54. The number of hydrogen-bond acceptors (Lipinski definition) is 0. The molecule has 0 radical (unpaired) electrons. The van der Waals surface area contributed by atoms with Crippen LogP contribution in [0, 0.1) is 6.92 Å². The van der Waals surface area contributed by atoms with Gasteiger partial charge in [0.2, 0.25) is 0 Å². The minimum Gasteiger partial charge on any atom is -0.0619 e. The average Bonchev–Trinajstić information content (AvgIpc) is 3.51. The molecule has 7 aromatic rings. The van der Waals surface area contributed by atoms with E-state index in [1.165, 1.54) is 83.1 Å². The molecule has 9 rings (SSSR count). The van der Waals surface area contributed by atoms with Crippen molar-refractivity contribution in [2.24, 2.45) is 0 Å². The SMILES string of the molecule is Cc1cccc(-c2c(-c3ccc4c(c3)C3(c5ccccc5-c5ccccc53)c3ccccc3-4)ccc3ccccc23)c1. The Bertz CT molecular complexity index is 2150. The van der Waals surface area contributed by atoms with E-state index < -0.39 is 0 Å². The van der Waals surface area contributed by atoms with E-state index in [1.54, 1.807) is 0 Å². The maximum atomic E-state index is 2.50. The predicted octanol–water partition coefficient (Wildman–Crippen LogP) is 10.8. The van der Waals surface area contributed by atoms with Gasteiger partial charge < -0.3 is 0 Å². The summed E-state index contributed by atoms with van der Waals surface area (Å²) in [5.74, 6) is 0. The van der Waals surface area contributed by atoms with Gasteiger partial charge in [0.25, 0.3) is 0 Å². The first kappa shape index (κ1) is 23.5. The van der Waals surface area contributed by atoms with Crippen LogP contribution in [0.1, 0.15) is 27.8 Å². The highest BCUT2D eigenvalue weighted by Crippen LogP contribution is 2.63. The first-order valence-electron chi connectivity index (χ1n) is 14.8. The Labute approximate surface area is 246 Å². The highest BCUT2D eigenvalue weighted by atomic mass is 14.5. The maximum Gasteiger partial charge on any atom is 0.0725 e. The fraction of sp³-hybridized carbons (Fsp3) is 0.0476. The van der Waals surface area contributed by atoms with Crippen molar-refractivity contribution < 1.29 is 0 Å². The first-order chi connectivity index (χ1) is 20.7. The van der Waals surface area contributed by atoms with Crippen LogP contribution in [-0.4, -0.2) is 0 Å². The molecule has 2 aliphatic carbocycles. The van der Waals surface area contributed by atoms with Gasteiger partial charge in [-0.05, 0) is 90.5 Å². The molecular formula is C42H28. The van der Waals surface area contributed by atoms with Crippen LogP contribution >= 0.6 is 0 Å². The molecule has 1 spiro atoms. The highest BCUT2D eigenvalue weighted by Gasteiger charge is 2.51. The van der Waals surface area contributed by atoms with Gasteiger partial charge in [0.15, 0.2) is 0 Å². The lowest BCUT2D eigenvalue weighted by Crippen LogP contribution is -2.25. The van der Waals surface area contributed by atoms with E-state index in [-0.39, 0.29) is 5.41 Å². The average molecular weight is 533 g/mol. The second kappa shape index (κ2) is 8.65. The molecule has 0 aliphatic heterocycles. The molecule has 0 N–H and O–H groups in total. The van der Waals surface area contributed by atoms with E-state index in [0.717, 1.165) is 0 Å². The van der Waals surface area contributed by atoms with Gasteiger partial charge in [-0.3, -0.25) is 0 Å². The van der Waals surface area contributed by atoms with Crippen molar-refractivity contribution in [3.05, 3.63) is 179 Å². The van der Waals surface area contributed by atoms with Gasteiger partial charge >= 0.3 is 0 Å². The van der Waals surface area contributed by atoms with Crippen molar-refractivity contribution in [1.29, 1.82) is 0 Å². The summed E-state index contributed by atoms with van der Waals surface area (Å²) in [6, 6.07) is 56.6. The molecule has 7 aromatic carbocycles. The van der Waals surface area contributed by atoms with Crippen LogP contribution < -0.4 is 0 Å². The van der Waals surface area contributed by atoms with Crippen LogP contribution in [0.15, 0.2) is 152 Å². The lowest BCUT2D eigenvalue weighted by molar-refractivity contribution is 0.794. The van der Waals surface area contributed by atoms with E-state index in [4.69, 9.17) is 0 Å². The van der Waals surface area contributed by atoms with Crippen LogP contribution in [0.25, 0.3) is 55.3 Å². The summed E-state index contributed by atoms with van der Waals surface area (Å²) in [5, 5.41) is 2.55. The Hall–Kier alpha value is -5.20. The van der Waals surface area contributed by atoms with Gasteiger partial charge in [-0.25, -0.2) is 0 Å². The zero-order valence-corrected chi connectivity index (χ0v) is 23.4. The Morgan fingerprint density at radius 2 is 0.952 bits per heavy atom. The number of rotatable bonds is 2. The molecule has 0 saturated carbocycles. The zero-order valence-electron chi connectivity index (χ0n) is 23.4. The molecule has 0 bridgehead atoms. The predicted molar refractivity (Wildman–Crippen MR) is 176 cm³/mol. The topological polar surface area (TPSA) is 0 Å². The summed E-state index contributed by atoms with van der Waals surface area (Å²) >= 11 is 0. The summed E-state index contributed by atoms with van der Waals surface area (Å²) in [5.41, 5.74) is 16.9. The molecule has 0 heteroatoms. The molecule has 0 nitrogen and oxygen atoms in total. The molecule has 0 aromatic heterocycles.